The second-order valence-electron chi connectivity index (χ2n) is 7.35. The predicted octanol–water partition coefficient (Wildman–Crippen LogP) is 5.35. The summed E-state index contributed by atoms with van der Waals surface area (Å²) in [4.78, 5) is 4.82. The summed E-state index contributed by atoms with van der Waals surface area (Å²) in [6.45, 7) is 6.43. The summed E-state index contributed by atoms with van der Waals surface area (Å²) < 4.78 is 9.76. The van der Waals surface area contributed by atoms with Crippen molar-refractivity contribution < 1.29 is 4.42 Å². The van der Waals surface area contributed by atoms with E-state index in [1.165, 1.54) is 5.56 Å². The van der Waals surface area contributed by atoms with E-state index in [1.54, 1.807) is 6.26 Å². The SMILES string of the molecule is Cc1nn(C)c(C)c1-c1c(-c2ccccc2)ncn1[C@@H](C)CCc1ccco1. The van der Waals surface area contributed by atoms with E-state index in [-0.39, 0.29) is 6.04 Å². The van der Waals surface area contributed by atoms with Gasteiger partial charge < -0.3 is 8.98 Å². The average molecular weight is 374 g/mol. The molecule has 0 aliphatic heterocycles. The molecule has 144 valence electrons. The van der Waals surface area contributed by atoms with Gasteiger partial charge in [0.2, 0.25) is 0 Å². The molecule has 0 bridgehead atoms. The molecule has 5 nitrogen and oxygen atoms in total. The molecule has 0 amide bonds. The molecule has 0 saturated carbocycles. The van der Waals surface area contributed by atoms with Gasteiger partial charge in [-0.05, 0) is 39.3 Å². The van der Waals surface area contributed by atoms with Crippen LogP contribution in [0.1, 0.15) is 36.5 Å². The molecule has 0 spiro atoms. The maximum absolute atomic E-state index is 5.51. The van der Waals surface area contributed by atoms with Crippen LogP contribution in [0.5, 0.6) is 0 Å². The van der Waals surface area contributed by atoms with Crippen LogP contribution in [-0.4, -0.2) is 19.3 Å². The van der Waals surface area contributed by atoms with Crippen molar-refractivity contribution in [3.05, 3.63) is 72.2 Å². The smallest absolute Gasteiger partial charge is 0.103 e. The highest BCUT2D eigenvalue weighted by molar-refractivity contribution is 5.81. The molecule has 3 heterocycles. The maximum atomic E-state index is 5.51. The van der Waals surface area contributed by atoms with Gasteiger partial charge in [-0.1, -0.05) is 30.3 Å². The molecule has 4 rings (SSSR count). The third-order valence-electron chi connectivity index (χ3n) is 5.45. The van der Waals surface area contributed by atoms with Gasteiger partial charge in [-0.2, -0.15) is 5.10 Å². The molecule has 0 unspecified atom stereocenters. The van der Waals surface area contributed by atoms with Gasteiger partial charge in [-0.3, -0.25) is 4.68 Å². The van der Waals surface area contributed by atoms with Gasteiger partial charge in [0.1, 0.15) is 5.76 Å². The van der Waals surface area contributed by atoms with Crippen molar-refractivity contribution in [2.24, 2.45) is 7.05 Å². The topological polar surface area (TPSA) is 48.8 Å². The number of benzene rings is 1. The van der Waals surface area contributed by atoms with Crippen LogP contribution in [0, 0.1) is 13.8 Å². The summed E-state index contributed by atoms with van der Waals surface area (Å²) in [6.07, 6.45) is 5.58. The summed E-state index contributed by atoms with van der Waals surface area (Å²) in [5.74, 6) is 1.02. The lowest BCUT2D eigenvalue weighted by molar-refractivity contribution is 0.454. The number of rotatable bonds is 6. The third kappa shape index (κ3) is 3.28. The number of imidazole rings is 1. The van der Waals surface area contributed by atoms with Crippen LogP contribution >= 0.6 is 0 Å². The fourth-order valence-electron chi connectivity index (χ4n) is 3.81. The summed E-state index contributed by atoms with van der Waals surface area (Å²) in [5.41, 5.74) is 6.61. The maximum Gasteiger partial charge on any atom is 0.103 e. The highest BCUT2D eigenvalue weighted by Crippen LogP contribution is 2.37. The van der Waals surface area contributed by atoms with E-state index in [1.807, 2.05) is 36.3 Å². The Kier molecular flexibility index (Phi) is 4.90. The zero-order chi connectivity index (χ0) is 19.7. The number of nitrogens with zero attached hydrogens (tertiary/aromatic N) is 4. The molecular formula is C23H26N4O. The lowest BCUT2D eigenvalue weighted by Crippen LogP contribution is -2.08. The molecule has 0 fully saturated rings. The van der Waals surface area contributed by atoms with E-state index in [2.05, 4.69) is 54.7 Å². The Morgan fingerprint density at radius 1 is 1.07 bits per heavy atom. The molecule has 0 radical (unpaired) electrons. The van der Waals surface area contributed by atoms with E-state index >= 15 is 0 Å². The minimum absolute atomic E-state index is 0.282. The van der Waals surface area contributed by atoms with E-state index < -0.39 is 0 Å². The second kappa shape index (κ2) is 7.50. The van der Waals surface area contributed by atoms with Crippen LogP contribution in [0.2, 0.25) is 0 Å². The van der Waals surface area contributed by atoms with Gasteiger partial charge >= 0.3 is 0 Å². The van der Waals surface area contributed by atoms with E-state index in [9.17, 15) is 0 Å². The van der Waals surface area contributed by atoms with Crippen LogP contribution in [0.3, 0.4) is 0 Å². The zero-order valence-corrected chi connectivity index (χ0v) is 16.9. The van der Waals surface area contributed by atoms with Crippen LogP contribution in [0.15, 0.2) is 59.5 Å². The van der Waals surface area contributed by atoms with Gasteiger partial charge in [0.25, 0.3) is 0 Å². The minimum Gasteiger partial charge on any atom is -0.469 e. The molecule has 4 aromatic rings. The first-order valence-electron chi connectivity index (χ1n) is 9.71. The molecular weight excluding hydrogens is 348 g/mol. The summed E-state index contributed by atoms with van der Waals surface area (Å²) in [5, 5.41) is 4.65. The van der Waals surface area contributed by atoms with Gasteiger partial charge in [0, 0.05) is 36.3 Å². The third-order valence-corrected chi connectivity index (χ3v) is 5.45. The Labute approximate surface area is 165 Å². The zero-order valence-electron chi connectivity index (χ0n) is 16.9. The molecule has 3 aromatic heterocycles. The monoisotopic (exact) mass is 374 g/mol. The average Bonchev–Trinajstić information content (AvgIpc) is 3.41. The number of aryl methyl sites for hydroxylation is 3. The van der Waals surface area contributed by atoms with Crippen molar-refractivity contribution in [2.45, 2.75) is 39.7 Å². The Morgan fingerprint density at radius 2 is 1.86 bits per heavy atom. The Balaban J connectivity index is 1.79. The molecule has 28 heavy (non-hydrogen) atoms. The fraction of sp³-hybridized carbons (Fsp3) is 0.304. The molecule has 1 atom stereocenters. The van der Waals surface area contributed by atoms with E-state index in [0.29, 0.717) is 0 Å². The Bertz CT molecular complexity index is 1060. The Morgan fingerprint density at radius 3 is 2.50 bits per heavy atom. The van der Waals surface area contributed by atoms with Gasteiger partial charge in [0.15, 0.2) is 0 Å². The Hall–Kier alpha value is -3.08. The van der Waals surface area contributed by atoms with Crippen molar-refractivity contribution in [3.8, 4) is 22.5 Å². The van der Waals surface area contributed by atoms with Crippen molar-refractivity contribution in [1.29, 1.82) is 0 Å². The highest BCUT2D eigenvalue weighted by atomic mass is 16.3. The van der Waals surface area contributed by atoms with Crippen molar-refractivity contribution in [3.63, 3.8) is 0 Å². The fourth-order valence-corrected chi connectivity index (χ4v) is 3.81. The van der Waals surface area contributed by atoms with Crippen molar-refractivity contribution >= 4 is 0 Å². The lowest BCUT2D eigenvalue weighted by atomic mass is 10.0. The second-order valence-corrected chi connectivity index (χ2v) is 7.35. The van der Waals surface area contributed by atoms with Crippen LogP contribution in [0.25, 0.3) is 22.5 Å². The standard InChI is InChI=1S/C23H26N4O/c1-16(12-13-20-11-8-14-28-20)27-15-24-22(19-9-6-5-7-10-19)23(27)21-17(2)25-26(4)18(21)3/h5-11,14-16H,12-13H2,1-4H3/t16-/m0/s1. The first-order chi connectivity index (χ1) is 13.6. The van der Waals surface area contributed by atoms with E-state index in [0.717, 1.165) is 46.9 Å². The highest BCUT2D eigenvalue weighted by Gasteiger charge is 2.23. The number of hydrogen-bond donors (Lipinski definition) is 0. The van der Waals surface area contributed by atoms with Gasteiger partial charge in [-0.25, -0.2) is 4.98 Å². The van der Waals surface area contributed by atoms with Crippen molar-refractivity contribution in [1.82, 2.24) is 19.3 Å². The largest absolute Gasteiger partial charge is 0.469 e. The first-order valence-corrected chi connectivity index (χ1v) is 9.71. The number of furan rings is 1. The quantitative estimate of drug-likeness (QED) is 0.457. The van der Waals surface area contributed by atoms with Crippen LogP contribution in [-0.2, 0) is 13.5 Å². The number of hydrogen-bond acceptors (Lipinski definition) is 3. The molecule has 1 aromatic carbocycles. The van der Waals surface area contributed by atoms with Crippen LogP contribution < -0.4 is 0 Å². The molecule has 0 aliphatic carbocycles. The molecule has 0 aliphatic rings. The number of aromatic nitrogens is 4. The minimum atomic E-state index is 0.282. The summed E-state index contributed by atoms with van der Waals surface area (Å²) >= 11 is 0. The summed E-state index contributed by atoms with van der Waals surface area (Å²) in [6, 6.07) is 14.6. The van der Waals surface area contributed by atoms with Crippen LogP contribution in [0.4, 0.5) is 0 Å². The molecule has 0 saturated heterocycles. The first kappa shape index (κ1) is 18.3. The van der Waals surface area contributed by atoms with Gasteiger partial charge in [0.05, 0.1) is 29.7 Å². The summed E-state index contributed by atoms with van der Waals surface area (Å²) in [7, 11) is 2.00. The van der Waals surface area contributed by atoms with E-state index in [4.69, 9.17) is 9.40 Å². The lowest BCUT2D eigenvalue weighted by Gasteiger charge is -2.18. The van der Waals surface area contributed by atoms with Crippen molar-refractivity contribution in [2.75, 3.05) is 0 Å². The predicted molar refractivity (Wildman–Crippen MR) is 111 cm³/mol. The normalized spacial score (nSPS) is 12.4. The van der Waals surface area contributed by atoms with Gasteiger partial charge in [-0.15, -0.1) is 0 Å². The molecule has 5 heteroatoms. The molecule has 0 N–H and O–H groups in total.